The standard InChI is InChI=1S/C13H11N3O2S/c1-7-6-15-13-16(7)10(11(19-13)12(17)18)8-2-4-9(14)5-3-8/h2-6H,14H2,1H3,(H,17,18). The molecule has 0 saturated carbocycles. The van der Waals surface area contributed by atoms with Gasteiger partial charge in [-0.15, -0.1) is 0 Å². The molecule has 0 spiro atoms. The van der Waals surface area contributed by atoms with Crippen LogP contribution in [0, 0.1) is 6.92 Å². The number of hydrogen-bond donors (Lipinski definition) is 2. The van der Waals surface area contributed by atoms with Gasteiger partial charge in [0.1, 0.15) is 4.88 Å². The van der Waals surface area contributed by atoms with E-state index in [1.807, 2.05) is 23.5 Å². The maximum atomic E-state index is 11.4. The van der Waals surface area contributed by atoms with Gasteiger partial charge in [-0.3, -0.25) is 4.40 Å². The molecule has 96 valence electrons. The largest absolute Gasteiger partial charge is 0.477 e. The van der Waals surface area contributed by atoms with Crippen LogP contribution in [0.25, 0.3) is 16.2 Å². The zero-order valence-corrected chi connectivity index (χ0v) is 10.9. The Morgan fingerprint density at radius 3 is 2.68 bits per heavy atom. The zero-order chi connectivity index (χ0) is 13.6. The lowest BCUT2D eigenvalue weighted by Gasteiger charge is -2.04. The van der Waals surface area contributed by atoms with Gasteiger partial charge in [0.2, 0.25) is 0 Å². The Bertz CT molecular complexity index is 771. The van der Waals surface area contributed by atoms with Gasteiger partial charge in [-0.25, -0.2) is 9.78 Å². The number of imidazole rings is 1. The number of nitrogens with zero attached hydrogens (tertiary/aromatic N) is 2. The number of hydrogen-bond acceptors (Lipinski definition) is 4. The Morgan fingerprint density at radius 1 is 1.37 bits per heavy atom. The van der Waals surface area contributed by atoms with Gasteiger partial charge in [0.25, 0.3) is 0 Å². The molecule has 2 heterocycles. The van der Waals surface area contributed by atoms with Gasteiger partial charge in [0.05, 0.1) is 5.69 Å². The molecule has 0 unspecified atom stereocenters. The van der Waals surface area contributed by atoms with Crippen molar-refractivity contribution in [1.29, 1.82) is 0 Å². The van der Waals surface area contributed by atoms with Crippen LogP contribution in [-0.2, 0) is 0 Å². The van der Waals surface area contributed by atoms with E-state index in [9.17, 15) is 9.90 Å². The van der Waals surface area contributed by atoms with Crippen molar-refractivity contribution in [2.75, 3.05) is 5.73 Å². The Morgan fingerprint density at radius 2 is 2.05 bits per heavy atom. The number of carbonyl (C=O) groups is 1. The van der Waals surface area contributed by atoms with E-state index in [0.717, 1.165) is 11.3 Å². The van der Waals surface area contributed by atoms with Crippen LogP contribution < -0.4 is 5.73 Å². The van der Waals surface area contributed by atoms with Crippen molar-refractivity contribution in [1.82, 2.24) is 9.38 Å². The number of carboxylic acid groups (broad SMARTS) is 1. The van der Waals surface area contributed by atoms with Crippen LogP contribution in [0.4, 0.5) is 5.69 Å². The Balaban J connectivity index is 2.36. The SMILES string of the molecule is Cc1cnc2sc(C(=O)O)c(-c3ccc(N)cc3)n12. The molecule has 3 N–H and O–H groups in total. The highest BCUT2D eigenvalue weighted by molar-refractivity contribution is 7.19. The van der Waals surface area contributed by atoms with E-state index < -0.39 is 5.97 Å². The maximum absolute atomic E-state index is 11.4. The highest BCUT2D eigenvalue weighted by Crippen LogP contribution is 2.33. The number of aromatic nitrogens is 2. The number of aromatic carboxylic acids is 1. The molecule has 0 bridgehead atoms. The molecule has 0 aliphatic carbocycles. The molecule has 0 aliphatic rings. The third kappa shape index (κ3) is 1.77. The summed E-state index contributed by atoms with van der Waals surface area (Å²) in [6.45, 7) is 1.90. The predicted octanol–water partition coefficient (Wildman–Crippen LogP) is 2.65. The van der Waals surface area contributed by atoms with Gasteiger partial charge in [-0.1, -0.05) is 23.5 Å². The number of anilines is 1. The summed E-state index contributed by atoms with van der Waals surface area (Å²) < 4.78 is 1.86. The van der Waals surface area contributed by atoms with E-state index in [4.69, 9.17) is 5.73 Å². The van der Waals surface area contributed by atoms with Crippen molar-refractivity contribution in [3.8, 4) is 11.3 Å². The molecule has 6 heteroatoms. The lowest BCUT2D eigenvalue weighted by atomic mass is 10.1. The van der Waals surface area contributed by atoms with Crippen molar-refractivity contribution in [3.63, 3.8) is 0 Å². The highest BCUT2D eigenvalue weighted by atomic mass is 32.1. The third-order valence-electron chi connectivity index (χ3n) is 2.92. The molecule has 0 aliphatic heterocycles. The molecule has 0 saturated heterocycles. The Hall–Kier alpha value is -2.34. The first-order chi connectivity index (χ1) is 9.08. The third-order valence-corrected chi connectivity index (χ3v) is 3.96. The fourth-order valence-corrected chi connectivity index (χ4v) is 3.05. The van der Waals surface area contributed by atoms with E-state index in [0.29, 0.717) is 16.3 Å². The van der Waals surface area contributed by atoms with Crippen molar-refractivity contribution in [2.24, 2.45) is 0 Å². The first-order valence-corrected chi connectivity index (χ1v) is 6.45. The molecular formula is C13H11N3O2S. The van der Waals surface area contributed by atoms with Crippen LogP contribution in [0.2, 0.25) is 0 Å². The summed E-state index contributed by atoms with van der Waals surface area (Å²) in [5.41, 5.74) is 8.70. The second-order valence-corrected chi connectivity index (χ2v) is 5.20. The van der Waals surface area contributed by atoms with Crippen LogP contribution >= 0.6 is 11.3 Å². The average molecular weight is 273 g/mol. The molecule has 0 atom stereocenters. The number of rotatable bonds is 2. The van der Waals surface area contributed by atoms with Crippen molar-refractivity contribution in [2.45, 2.75) is 6.92 Å². The molecule has 5 nitrogen and oxygen atoms in total. The van der Waals surface area contributed by atoms with Gasteiger partial charge in [-0.2, -0.15) is 0 Å². The fourth-order valence-electron chi connectivity index (χ4n) is 2.05. The van der Waals surface area contributed by atoms with E-state index >= 15 is 0 Å². The summed E-state index contributed by atoms with van der Waals surface area (Å²) in [6, 6.07) is 7.17. The van der Waals surface area contributed by atoms with Crippen LogP contribution in [0.5, 0.6) is 0 Å². The van der Waals surface area contributed by atoms with Crippen molar-refractivity contribution >= 4 is 28.0 Å². The number of fused-ring (bicyclic) bond motifs is 1. The number of aryl methyl sites for hydroxylation is 1. The first kappa shape index (κ1) is 11.7. The number of nitrogens with two attached hydrogens (primary N) is 1. The molecule has 19 heavy (non-hydrogen) atoms. The summed E-state index contributed by atoms with van der Waals surface area (Å²) in [5.74, 6) is -0.943. The highest BCUT2D eigenvalue weighted by Gasteiger charge is 2.21. The minimum atomic E-state index is -0.943. The molecular weight excluding hydrogens is 262 g/mol. The van der Waals surface area contributed by atoms with Crippen LogP contribution in [-0.4, -0.2) is 20.5 Å². The summed E-state index contributed by atoms with van der Waals surface area (Å²) >= 11 is 1.17. The Kier molecular flexibility index (Phi) is 2.53. The minimum absolute atomic E-state index is 0.288. The van der Waals surface area contributed by atoms with E-state index in [2.05, 4.69) is 4.98 Å². The smallest absolute Gasteiger partial charge is 0.348 e. The molecule has 0 fully saturated rings. The Labute approximate surface area is 112 Å². The summed E-state index contributed by atoms with van der Waals surface area (Å²) in [7, 11) is 0. The molecule has 3 aromatic rings. The van der Waals surface area contributed by atoms with E-state index in [1.54, 1.807) is 18.3 Å². The monoisotopic (exact) mass is 273 g/mol. The number of nitrogen functional groups attached to an aromatic ring is 1. The number of carboxylic acids is 1. The van der Waals surface area contributed by atoms with Crippen LogP contribution in [0.1, 0.15) is 15.4 Å². The van der Waals surface area contributed by atoms with Crippen LogP contribution in [0.15, 0.2) is 30.5 Å². The summed E-state index contributed by atoms with van der Waals surface area (Å²) in [4.78, 5) is 16.6. The normalized spacial score (nSPS) is 11.0. The number of thiazole rings is 1. The van der Waals surface area contributed by atoms with Gasteiger partial charge < -0.3 is 10.8 Å². The van der Waals surface area contributed by atoms with Gasteiger partial charge in [-0.05, 0) is 19.1 Å². The van der Waals surface area contributed by atoms with Crippen molar-refractivity contribution < 1.29 is 9.90 Å². The molecule has 0 amide bonds. The number of benzene rings is 1. The molecule has 2 aromatic heterocycles. The molecule has 3 rings (SSSR count). The van der Waals surface area contributed by atoms with Crippen molar-refractivity contribution in [3.05, 3.63) is 41.0 Å². The first-order valence-electron chi connectivity index (χ1n) is 5.64. The average Bonchev–Trinajstić information content (AvgIpc) is 2.91. The van der Waals surface area contributed by atoms with Crippen LogP contribution in [0.3, 0.4) is 0 Å². The minimum Gasteiger partial charge on any atom is -0.477 e. The van der Waals surface area contributed by atoms with Gasteiger partial charge in [0, 0.05) is 23.1 Å². The quantitative estimate of drug-likeness (QED) is 0.703. The summed E-state index contributed by atoms with van der Waals surface area (Å²) in [5, 5.41) is 9.34. The molecule has 1 aromatic carbocycles. The second kappa shape index (κ2) is 4.10. The second-order valence-electron chi connectivity index (χ2n) is 4.22. The zero-order valence-electron chi connectivity index (χ0n) is 10.1. The van der Waals surface area contributed by atoms with E-state index in [-0.39, 0.29) is 4.88 Å². The van der Waals surface area contributed by atoms with Gasteiger partial charge in [0.15, 0.2) is 4.96 Å². The topological polar surface area (TPSA) is 80.6 Å². The lowest BCUT2D eigenvalue weighted by Crippen LogP contribution is -1.98. The lowest BCUT2D eigenvalue weighted by molar-refractivity contribution is 0.0702. The summed E-state index contributed by atoms with van der Waals surface area (Å²) in [6.07, 6.45) is 1.73. The van der Waals surface area contributed by atoms with Gasteiger partial charge >= 0.3 is 5.97 Å². The molecule has 0 radical (unpaired) electrons. The maximum Gasteiger partial charge on any atom is 0.348 e. The predicted molar refractivity (Wildman–Crippen MR) is 74.6 cm³/mol. The van der Waals surface area contributed by atoms with E-state index in [1.165, 1.54) is 11.3 Å². The fraction of sp³-hybridized carbons (Fsp3) is 0.0769.